The van der Waals surface area contributed by atoms with Crippen LogP contribution in [0.25, 0.3) is 21.3 Å². The first-order valence-electron chi connectivity index (χ1n) is 9.35. The van der Waals surface area contributed by atoms with Crippen molar-refractivity contribution in [3.63, 3.8) is 0 Å². The van der Waals surface area contributed by atoms with Crippen molar-refractivity contribution in [2.75, 3.05) is 13.6 Å². The molecule has 0 fully saturated rings. The average Bonchev–Trinajstić information content (AvgIpc) is 3.12. The molecule has 0 N–H and O–H groups in total. The number of rotatable bonds is 2. The first kappa shape index (κ1) is 16.6. The molecule has 0 saturated carbocycles. The number of fused-ring (bicyclic) bond motifs is 2. The second-order valence-electron chi connectivity index (χ2n) is 7.29. The van der Waals surface area contributed by atoms with E-state index in [9.17, 15) is 0 Å². The molecule has 0 amide bonds. The third kappa shape index (κ3) is 3.05. The fourth-order valence-electron chi connectivity index (χ4n) is 4.19. The van der Waals surface area contributed by atoms with E-state index in [2.05, 4.69) is 70.0 Å². The smallest absolute Gasteiger partial charge is 0.0929 e. The van der Waals surface area contributed by atoms with Gasteiger partial charge in [-0.05, 0) is 71.7 Å². The minimum absolute atomic E-state index is 0.434. The first-order chi connectivity index (χ1) is 13.3. The number of aromatic nitrogens is 2. The van der Waals surface area contributed by atoms with Gasteiger partial charge in [-0.15, -0.1) is 11.3 Å². The molecule has 1 atom stereocenters. The quantitative estimate of drug-likeness (QED) is 0.477. The predicted molar refractivity (Wildman–Crippen MR) is 112 cm³/mol. The van der Waals surface area contributed by atoms with E-state index in [0.717, 1.165) is 30.8 Å². The van der Waals surface area contributed by atoms with Crippen LogP contribution in [0.4, 0.5) is 0 Å². The zero-order chi connectivity index (χ0) is 18.2. The monoisotopic (exact) mass is 371 g/mol. The lowest BCUT2D eigenvalue weighted by atomic mass is 9.85. The van der Waals surface area contributed by atoms with E-state index in [4.69, 9.17) is 0 Å². The number of hydrogen-bond acceptors (Lipinski definition) is 4. The topological polar surface area (TPSA) is 29.0 Å². The lowest BCUT2D eigenvalue weighted by Gasteiger charge is -2.19. The largest absolute Gasteiger partial charge is 0.302 e. The van der Waals surface area contributed by atoms with Crippen molar-refractivity contribution in [2.24, 2.45) is 0 Å². The summed E-state index contributed by atoms with van der Waals surface area (Å²) in [4.78, 5) is 2.42. The molecule has 2 aromatic heterocycles. The van der Waals surface area contributed by atoms with Gasteiger partial charge in [0.1, 0.15) is 0 Å². The second-order valence-corrected chi connectivity index (χ2v) is 8.20. The maximum Gasteiger partial charge on any atom is 0.0929 e. The SMILES string of the molecule is CN1CCC(c2cccc3ccsc23)c2ccc(-c3cccnn3)cc2C1. The molecule has 0 aliphatic carbocycles. The third-order valence-electron chi connectivity index (χ3n) is 5.51. The number of nitrogens with zero attached hydrogens (tertiary/aromatic N) is 3. The summed E-state index contributed by atoms with van der Waals surface area (Å²) in [6.07, 6.45) is 2.86. The average molecular weight is 372 g/mol. The van der Waals surface area contributed by atoms with Crippen LogP contribution in [0.3, 0.4) is 0 Å². The van der Waals surface area contributed by atoms with E-state index >= 15 is 0 Å². The Morgan fingerprint density at radius 3 is 2.89 bits per heavy atom. The third-order valence-corrected chi connectivity index (χ3v) is 6.49. The highest BCUT2D eigenvalue weighted by Crippen LogP contribution is 2.39. The summed E-state index contributed by atoms with van der Waals surface area (Å²) in [5.74, 6) is 0.434. The molecule has 5 rings (SSSR count). The molecule has 1 aliphatic rings. The van der Waals surface area contributed by atoms with Gasteiger partial charge in [0.25, 0.3) is 0 Å². The van der Waals surface area contributed by atoms with E-state index in [-0.39, 0.29) is 0 Å². The molecule has 0 spiro atoms. The van der Waals surface area contributed by atoms with Crippen molar-refractivity contribution in [3.8, 4) is 11.3 Å². The van der Waals surface area contributed by atoms with Crippen LogP contribution < -0.4 is 0 Å². The first-order valence-corrected chi connectivity index (χ1v) is 10.2. The highest BCUT2D eigenvalue weighted by Gasteiger charge is 2.24. The molecule has 4 heteroatoms. The van der Waals surface area contributed by atoms with Gasteiger partial charge in [-0.3, -0.25) is 0 Å². The molecule has 2 aromatic carbocycles. The van der Waals surface area contributed by atoms with Crippen molar-refractivity contribution < 1.29 is 0 Å². The molecule has 3 nitrogen and oxygen atoms in total. The zero-order valence-corrected chi connectivity index (χ0v) is 16.1. The van der Waals surface area contributed by atoms with Crippen LogP contribution in [0.5, 0.6) is 0 Å². The summed E-state index contributed by atoms with van der Waals surface area (Å²) in [6, 6.07) is 19.8. The zero-order valence-electron chi connectivity index (χ0n) is 15.3. The van der Waals surface area contributed by atoms with Gasteiger partial charge in [0.2, 0.25) is 0 Å². The molecule has 27 heavy (non-hydrogen) atoms. The van der Waals surface area contributed by atoms with Crippen LogP contribution in [0, 0.1) is 0 Å². The maximum absolute atomic E-state index is 4.29. The summed E-state index contributed by atoms with van der Waals surface area (Å²) in [5, 5.41) is 11.9. The summed E-state index contributed by atoms with van der Waals surface area (Å²) >= 11 is 1.86. The normalized spacial score (nSPS) is 17.6. The molecule has 3 heterocycles. The van der Waals surface area contributed by atoms with Gasteiger partial charge in [0.15, 0.2) is 0 Å². The molecule has 0 saturated heterocycles. The van der Waals surface area contributed by atoms with Gasteiger partial charge in [0, 0.05) is 28.9 Å². The highest BCUT2D eigenvalue weighted by atomic mass is 32.1. The fraction of sp³-hybridized carbons (Fsp3) is 0.217. The standard InChI is InChI=1S/C23H21N3S/c1-26-12-9-20(21-5-2-4-16-10-13-27-23(16)21)19-8-7-17(14-18(19)15-26)22-6-3-11-24-25-22/h2-8,10-11,13-14,20H,9,12,15H2,1H3. The van der Waals surface area contributed by atoms with E-state index in [1.165, 1.54) is 26.8 Å². The Hall–Kier alpha value is -2.56. The highest BCUT2D eigenvalue weighted by molar-refractivity contribution is 7.17. The minimum Gasteiger partial charge on any atom is -0.302 e. The van der Waals surface area contributed by atoms with Crippen LogP contribution in [-0.4, -0.2) is 28.7 Å². The van der Waals surface area contributed by atoms with Crippen molar-refractivity contribution in [3.05, 3.63) is 82.9 Å². The van der Waals surface area contributed by atoms with Crippen molar-refractivity contribution >= 4 is 21.4 Å². The van der Waals surface area contributed by atoms with Crippen LogP contribution in [0.1, 0.15) is 29.0 Å². The lowest BCUT2D eigenvalue weighted by Crippen LogP contribution is -2.17. The molecule has 1 aliphatic heterocycles. The Kier molecular flexibility index (Phi) is 4.23. The Morgan fingerprint density at radius 1 is 1.04 bits per heavy atom. The summed E-state index contributed by atoms with van der Waals surface area (Å²) in [6.45, 7) is 2.07. The summed E-state index contributed by atoms with van der Waals surface area (Å²) in [5.41, 5.74) is 6.39. The molecule has 0 bridgehead atoms. The number of thiophene rings is 1. The van der Waals surface area contributed by atoms with Crippen molar-refractivity contribution in [2.45, 2.75) is 18.9 Å². The van der Waals surface area contributed by atoms with Gasteiger partial charge in [-0.25, -0.2) is 0 Å². The number of benzene rings is 2. The van der Waals surface area contributed by atoms with Crippen LogP contribution in [-0.2, 0) is 6.54 Å². The van der Waals surface area contributed by atoms with Crippen LogP contribution in [0.15, 0.2) is 66.2 Å². The molecule has 0 radical (unpaired) electrons. The van der Waals surface area contributed by atoms with Gasteiger partial charge in [-0.2, -0.15) is 10.2 Å². The van der Waals surface area contributed by atoms with Crippen molar-refractivity contribution in [1.82, 2.24) is 15.1 Å². The second kappa shape index (κ2) is 6.87. The molecular formula is C23H21N3S. The van der Waals surface area contributed by atoms with Crippen molar-refractivity contribution in [1.29, 1.82) is 0 Å². The Morgan fingerprint density at radius 2 is 2.00 bits per heavy atom. The van der Waals surface area contributed by atoms with Crippen LogP contribution in [0.2, 0.25) is 0 Å². The molecule has 134 valence electrons. The lowest BCUT2D eigenvalue weighted by molar-refractivity contribution is 0.328. The Labute approximate surface area is 163 Å². The van der Waals surface area contributed by atoms with E-state index in [1.54, 1.807) is 6.20 Å². The van der Waals surface area contributed by atoms with Gasteiger partial charge < -0.3 is 4.90 Å². The predicted octanol–water partition coefficient (Wildman–Crippen LogP) is 5.33. The number of hydrogen-bond donors (Lipinski definition) is 0. The molecule has 1 unspecified atom stereocenters. The fourth-order valence-corrected chi connectivity index (χ4v) is 5.16. The Bertz CT molecular complexity index is 1090. The maximum atomic E-state index is 4.29. The minimum atomic E-state index is 0.434. The Balaban J connectivity index is 1.65. The summed E-state index contributed by atoms with van der Waals surface area (Å²) < 4.78 is 1.43. The van der Waals surface area contributed by atoms with E-state index in [0.29, 0.717) is 5.92 Å². The van der Waals surface area contributed by atoms with E-state index < -0.39 is 0 Å². The summed E-state index contributed by atoms with van der Waals surface area (Å²) in [7, 11) is 2.22. The van der Waals surface area contributed by atoms with Gasteiger partial charge >= 0.3 is 0 Å². The van der Waals surface area contributed by atoms with Gasteiger partial charge in [0.05, 0.1) is 5.69 Å². The molecule has 4 aromatic rings. The molecular weight excluding hydrogens is 350 g/mol. The van der Waals surface area contributed by atoms with Gasteiger partial charge in [-0.1, -0.05) is 30.3 Å². The van der Waals surface area contributed by atoms with Crippen LogP contribution >= 0.6 is 11.3 Å². The van der Waals surface area contributed by atoms with E-state index in [1.807, 2.05) is 23.5 Å².